The van der Waals surface area contributed by atoms with Gasteiger partial charge in [-0.25, -0.2) is 4.57 Å². The molecular weight excluding hydrogens is 559 g/mol. The minimum atomic E-state index is -4.57. The van der Waals surface area contributed by atoms with Crippen LogP contribution in [0.2, 0.25) is 0 Å². The molecule has 1 aliphatic heterocycles. The lowest BCUT2D eigenvalue weighted by Crippen LogP contribution is -2.10. The summed E-state index contributed by atoms with van der Waals surface area (Å²) in [7, 11) is -1.26. The SMILES string of the molecule is COc1ccc(-c2cc3c(c4c2OP(=O)(O)Oc2c(-c5ccc(OC)cc5C)cc5c(c2-4)CCCC5)CCCC3)c(C)c1. The zero-order valence-electron chi connectivity index (χ0n) is 25.2. The van der Waals surface area contributed by atoms with Crippen molar-refractivity contribution in [2.24, 2.45) is 0 Å². The molecular formula is C36H37O6P. The third-order valence-corrected chi connectivity index (χ3v) is 10.1. The summed E-state index contributed by atoms with van der Waals surface area (Å²) in [5.74, 6) is 2.41. The van der Waals surface area contributed by atoms with E-state index in [9.17, 15) is 9.46 Å². The first-order chi connectivity index (χ1) is 20.8. The average Bonchev–Trinajstić information content (AvgIpc) is 3.13. The number of fused-ring (bicyclic) bond motifs is 7. The fourth-order valence-corrected chi connectivity index (χ4v) is 8.15. The molecule has 0 fully saturated rings. The second kappa shape index (κ2) is 10.8. The minimum absolute atomic E-state index is 0.440. The van der Waals surface area contributed by atoms with E-state index in [1.54, 1.807) is 14.2 Å². The van der Waals surface area contributed by atoms with E-state index in [1.165, 1.54) is 22.3 Å². The Morgan fingerprint density at radius 1 is 0.628 bits per heavy atom. The van der Waals surface area contributed by atoms with E-state index in [0.29, 0.717) is 11.5 Å². The van der Waals surface area contributed by atoms with Gasteiger partial charge in [0.15, 0.2) is 0 Å². The summed E-state index contributed by atoms with van der Waals surface area (Å²) < 4.78 is 37.3. The highest BCUT2D eigenvalue weighted by Crippen LogP contribution is 2.62. The van der Waals surface area contributed by atoms with Gasteiger partial charge < -0.3 is 18.5 Å². The lowest BCUT2D eigenvalue weighted by atomic mass is 9.77. The third-order valence-electron chi connectivity index (χ3n) is 9.32. The standard InChI is InChI=1S/C36H37O6P/c1-21-17-25(39-3)13-15-27(21)31-19-23-9-5-7-11-29(23)33-34-30-12-8-6-10-24(30)20-32(28-16-14-26(40-4)18-22(28)2)36(34)42-43(37,38)41-35(31)33/h13-20H,5-12H2,1-4H3,(H,37,38). The minimum Gasteiger partial charge on any atom is -0.497 e. The van der Waals surface area contributed by atoms with Gasteiger partial charge in [0, 0.05) is 22.3 Å². The predicted octanol–water partition coefficient (Wildman–Crippen LogP) is 8.95. The largest absolute Gasteiger partial charge is 0.584 e. The van der Waals surface area contributed by atoms with Crippen LogP contribution in [0.4, 0.5) is 0 Å². The van der Waals surface area contributed by atoms with Crippen molar-refractivity contribution < 1.29 is 28.0 Å². The summed E-state index contributed by atoms with van der Waals surface area (Å²) in [5.41, 5.74) is 12.4. The number of hydrogen-bond donors (Lipinski definition) is 1. The Kier molecular flexibility index (Phi) is 7.03. The molecule has 7 heteroatoms. The van der Waals surface area contributed by atoms with E-state index in [-0.39, 0.29) is 0 Å². The first-order valence-electron chi connectivity index (χ1n) is 15.2. The molecule has 0 aromatic heterocycles. The van der Waals surface area contributed by atoms with Gasteiger partial charge in [0.1, 0.15) is 23.0 Å². The quantitative estimate of drug-likeness (QED) is 0.237. The number of phosphoric acid groups is 1. The molecule has 0 radical (unpaired) electrons. The summed E-state index contributed by atoms with van der Waals surface area (Å²) in [4.78, 5) is 11.4. The molecule has 1 N–H and O–H groups in total. The normalized spacial score (nSPS) is 16.4. The molecule has 0 atom stereocenters. The maximum absolute atomic E-state index is 13.9. The number of rotatable bonds is 4. The molecule has 6 nitrogen and oxygen atoms in total. The van der Waals surface area contributed by atoms with Crippen LogP contribution in [-0.2, 0) is 30.2 Å². The summed E-state index contributed by atoms with van der Waals surface area (Å²) >= 11 is 0. The van der Waals surface area contributed by atoms with E-state index in [2.05, 4.69) is 12.1 Å². The van der Waals surface area contributed by atoms with Gasteiger partial charge >= 0.3 is 7.82 Å². The Bertz CT molecular complexity index is 1690. The molecule has 222 valence electrons. The molecule has 0 saturated heterocycles. The molecule has 0 unspecified atom stereocenters. The van der Waals surface area contributed by atoms with E-state index in [4.69, 9.17) is 18.5 Å². The molecule has 0 spiro atoms. The van der Waals surface area contributed by atoms with Crippen molar-refractivity contribution in [3.63, 3.8) is 0 Å². The lowest BCUT2D eigenvalue weighted by molar-refractivity contribution is 0.295. The van der Waals surface area contributed by atoms with Crippen LogP contribution in [0, 0.1) is 13.8 Å². The van der Waals surface area contributed by atoms with Crippen LogP contribution in [0.1, 0.15) is 59.1 Å². The Morgan fingerprint density at radius 3 is 1.44 bits per heavy atom. The van der Waals surface area contributed by atoms with Crippen LogP contribution in [0.5, 0.6) is 23.0 Å². The number of methoxy groups -OCH3 is 2. The predicted molar refractivity (Wildman–Crippen MR) is 170 cm³/mol. The zero-order valence-corrected chi connectivity index (χ0v) is 26.1. The van der Waals surface area contributed by atoms with E-state index in [0.717, 1.165) is 107 Å². The van der Waals surface area contributed by atoms with E-state index >= 15 is 0 Å². The van der Waals surface area contributed by atoms with Gasteiger partial charge in [-0.2, -0.15) is 0 Å². The zero-order chi connectivity index (χ0) is 29.9. The third kappa shape index (κ3) is 4.81. The number of phosphoric ester groups is 1. The first-order valence-corrected chi connectivity index (χ1v) is 16.7. The van der Waals surface area contributed by atoms with Crippen LogP contribution in [0.15, 0.2) is 48.5 Å². The van der Waals surface area contributed by atoms with Gasteiger partial charge in [-0.05, 0) is 146 Å². The van der Waals surface area contributed by atoms with Crippen molar-refractivity contribution in [3.05, 3.63) is 81.9 Å². The van der Waals surface area contributed by atoms with Gasteiger partial charge in [0.25, 0.3) is 0 Å². The topological polar surface area (TPSA) is 74.2 Å². The molecule has 4 aromatic carbocycles. The van der Waals surface area contributed by atoms with Crippen molar-refractivity contribution in [2.45, 2.75) is 65.2 Å². The molecule has 0 amide bonds. The summed E-state index contributed by atoms with van der Waals surface area (Å²) in [6, 6.07) is 16.2. The second-order valence-electron chi connectivity index (χ2n) is 12.0. The fraction of sp³-hybridized carbons (Fsp3) is 0.333. The Labute approximate surface area is 253 Å². The summed E-state index contributed by atoms with van der Waals surface area (Å²) in [5, 5.41) is 0. The molecule has 0 saturated carbocycles. The molecule has 1 heterocycles. The van der Waals surface area contributed by atoms with Crippen molar-refractivity contribution in [3.8, 4) is 56.4 Å². The number of aryl methyl sites for hydroxylation is 4. The average molecular weight is 597 g/mol. The molecule has 2 aliphatic carbocycles. The number of ether oxygens (including phenoxy) is 2. The highest BCUT2D eigenvalue weighted by Gasteiger charge is 2.40. The highest BCUT2D eigenvalue weighted by atomic mass is 31.2. The maximum Gasteiger partial charge on any atom is 0.584 e. The van der Waals surface area contributed by atoms with Crippen molar-refractivity contribution in [2.75, 3.05) is 14.2 Å². The van der Waals surface area contributed by atoms with E-state index < -0.39 is 7.82 Å². The molecule has 4 aromatic rings. The van der Waals surface area contributed by atoms with Crippen molar-refractivity contribution in [1.29, 1.82) is 0 Å². The smallest absolute Gasteiger partial charge is 0.497 e. The van der Waals surface area contributed by atoms with Gasteiger partial charge in [-0.15, -0.1) is 0 Å². The summed E-state index contributed by atoms with van der Waals surface area (Å²) in [6.45, 7) is 4.08. The highest BCUT2D eigenvalue weighted by molar-refractivity contribution is 7.48. The Morgan fingerprint density at radius 2 is 1.05 bits per heavy atom. The van der Waals surface area contributed by atoms with Gasteiger partial charge in [-0.3, -0.25) is 4.89 Å². The van der Waals surface area contributed by atoms with Crippen molar-refractivity contribution in [1.82, 2.24) is 0 Å². The van der Waals surface area contributed by atoms with Gasteiger partial charge in [0.05, 0.1) is 14.2 Å². The van der Waals surface area contributed by atoms with Crippen LogP contribution < -0.4 is 18.5 Å². The second-order valence-corrected chi connectivity index (χ2v) is 13.3. The molecule has 3 aliphatic rings. The van der Waals surface area contributed by atoms with Gasteiger partial charge in [-0.1, -0.05) is 12.1 Å². The monoisotopic (exact) mass is 596 g/mol. The molecule has 0 bridgehead atoms. The number of benzene rings is 4. The first kappa shape index (κ1) is 28.1. The van der Waals surface area contributed by atoms with E-state index in [1.807, 2.05) is 50.2 Å². The summed E-state index contributed by atoms with van der Waals surface area (Å²) in [6.07, 6.45) is 8.03. The lowest BCUT2D eigenvalue weighted by Gasteiger charge is -2.28. The molecule has 7 rings (SSSR count). The van der Waals surface area contributed by atoms with Crippen molar-refractivity contribution >= 4 is 7.82 Å². The van der Waals surface area contributed by atoms with Crippen LogP contribution >= 0.6 is 7.82 Å². The Balaban J connectivity index is 1.61. The Hall–Kier alpha value is -3.73. The fourth-order valence-electron chi connectivity index (χ4n) is 7.27. The molecule has 43 heavy (non-hydrogen) atoms. The van der Waals surface area contributed by atoms with Gasteiger partial charge in [0.2, 0.25) is 0 Å². The van der Waals surface area contributed by atoms with Crippen LogP contribution in [0.25, 0.3) is 33.4 Å². The number of hydrogen-bond acceptors (Lipinski definition) is 5. The van der Waals surface area contributed by atoms with Crippen LogP contribution in [-0.4, -0.2) is 19.1 Å². The van der Waals surface area contributed by atoms with Crippen LogP contribution in [0.3, 0.4) is 0 Å². The maximum atomic E-state index is 13.9.